The van der Waals surface area contributed by atoms with Gasteiger partial charge in [0, 0.05) is 40.9 Å². The number of halogens is 2. The maximum Gasteiger partial charge on any atom is 0.263 e. The first-order valence-electron chi connectivity index (χ1n) is 11.3. The van der Waals surface area contributed by atoms with Crippen LogP contribution < -0.4 is 10.0 Å². The molecular weight excluding hydrogens is 559 g/mol. The molecule has 0 radical (unpaired) electrons. The van der Waals surface area contributed by atoms with Crippen LogP contribution >= 0.6 is 23.2 Å². The Balaban J connectivity index is 1.31. The Hall–Kier alpha value is -2.70. The minimum atomic E-state index is -3.83. The Bertz CT molecular complexity index is 1480. The molecule has 1 aliphatic rings. The van der Waals surface area contributed by atoms with Crippen molar-refractivity contribution in [2.24, 2.45) is 5.92 Å². The monoisotopic (exact) mass is 582 g/mol. The van der Waals surface area contributed by atoms with Crippen LogP contribution in [0.3, 0.4) is 0 Å². The third-order valence-electron chi connectivity index (χ3n) is 5.91. The number of hydrogen-bond acceptors (Lipinski definition) is 6. The number of sulfonamides is 2. The number of rotatable bonds is 8. The number of anilines is 2. The molecule has 1 fully saturated rings. The van der Waals surface area contributed by atoms with Gasteiger partial charge in [0.15, 0.2) is 0 Å². The van der Waals surface area contributed by atoms with E-state index in [0.717, 1.165) is 0 Å². The molecule has 1 amide bonds. The van der Waals surface area contributed by atoms with E-state index in [1.54, 1.807) is 24.3 Å². The normalized spacial score (nSPS) is 15.3. The average Bonchev–Trinajstić information content (AvgIpc) is 2.86. The minimum absolute atomic E-state index is 0.0236. The van der Waals surface area contributed by atoms with E-state index < -0.39 is 20.0 Å². The van der Waals surface area contributed by atoms with Crippen LogP contribution in [0.5, 0.6) is 0 Å². The third-order valence-corrected chi connectivity index (χ3v) is 9.69. The average molecular weight is 584 g/mol. The second kappa shape index (κ2) is 11.4. The van der Waals surface area contributed by atoms with E-state index >= 15 is 0 Å². The van der Waals surface area contributed by atoms with Crippen molar-refractivity contribution in [3.8, 4) is 0 Å². The Kier molecular flexibility index (Phi) is 8.39. The van der Waals surface area contributed by atoms with Crippen molar-refractivity contribution in [1.82, 2.24) is 9.29 Å². The number of nitrogens with zero attached hydrogens (tertiary/aromatic N) is 2. The Morgan fingerprint density at radius 2 is 1.68 bits per heavy atom. The quantitative estimate of drug-likeness (QED) is 0.406. The first kappa shape index (κ1) is 27.3. The molecule has 37 heavy (non-hydrogen) atoms. The molecule has 1 saturated heterocycles. The molecule has 0 saturated carbocycles. The highest BCUT2D eigenvalue weighted by Crippen LogP contribution is 2.27. The largest absolute Gasteiger partial charge is 0.326 e. The summed E-state index contributed by atoms with van der Waals surface area (Å²) in [6.45, 7) is 0.421. The molecule has 1 aliphatic heterocycles. The number of benzene rings is 2. The zero-order valence-corrected chi connectivity index (χ0v) is 22.6. The molecule has 0 aliphatic carbocycles. The summed E-state index contributed by atoms with van der Waals surface area (Å²) in [7, 11) is -7.44. The lowest BCUT2D eigenvalue weighted by Crippen LogP contribution is -2.41. The van der Waals surface area contributed by atoms with Gasteiger partial charge in [0.25, 0.3) is 10.0 Å². The smallest absolute Gasteiger partial charge is 0.263 e. The van der Waals surface area contributed by atoms with Gasteiger partial charge < -0.3 is 5.32 Å². The first-order chi connectivity index (χ1) is 17.5. The molecule has 2 aromatic carbocycles. The Morgan fingerprint density at radius 3 is 2.30 bits per heavy atom. The number of pyridine rings is 1. The number of aromatic nitrogens is 1. The van der Waals surface area contributed by atoms with E-state index in [2.05, 4.69) is 15.0 Å². The molecule has 0 spiro atoms. The number of amides is 1. The summed E-state index contributed by atoms with van der Waals surface area (Å²) >= 11 is 12.0. The molecule has 4 rings (SSSR count). The molecule has 3 aromatic rings. The van der Waals surface area contributed by atoms with Crippen molar-refractivity contribution < 1.29 is 21.6 Å². The van der Waals surface area contributed by atoms with Gasteiger partial charge in [0.1, 0.15) is 5.82 Å². The highest BCUT2D eigenvalue weighted by Gasteiger charge is 2.31. The van der Waals surface area contributed by atoms with Crippen molar-refractivity contribution in [1.29, 1.82) is 0 Å². The SMILES string of the molecule is O=C(Nc1ccc(S(=O)(=O)Nc2ccccn2)cc1)C1CCN(S(=O)(=O)Cc2ccc(Cl)cc2Cl)CC1. The van der Waals surface area contributed by atoms with Gasteiger partial charge in [-0.2, -0.15) is 0 Å². The zero-order valence-electron chi connectivity index (χ0n) is 19.5. The van der Waals surface area contributed by atoms with Gasteiger partial charge in [-0.05, 0) is 66.9 Å². The van der Waals surface area contributed by atoms with E-state index in [0.29, 0.717) is 29.1 Å². The third kappa shape index (κ3) is 6.99. The molecule has 0 atom stereocenters. The fourth-order valence-corrected chi connectivity index (χ4v) is 7.06. The highest BCUT2D eigenvalue weighted by molar-refractivity contribution is 7.92. The summed E-state index contributed by atoms with van der Waals surface area (Å²) < 4.78 is 54.6. The maximum atomic E-state index is 12.9. The van der Waals surface area contributed by atoms with Gasteiger partial charge >= 0.3 is 0 Å². The van der Waals surface area contributed by atoms with Crippen LogP contribution in [0.15, 0.2) is 71.8 Å². The van der Waals surface area contributed by atoms with Crippen LogP contribution in [0, 0.1) is 5.92 Å². The maximum absolute atomic E-state index is 12.9. The Morgan fingerprint density at radius 1 is 0.973 bits per heavy atom. The summed E-state index contributed by atoms with van der Waals surface area (Å²) in [4.78, 5) is 16.7. The fraction of sp³-hybridized carbons (Fsp3) is 0.250. The van der Waals surface area contributed by atoms with E-state index in [1.165, 1.54) is 46.9 Å². The second-order valence-electron chi connectivity index (χ2n) is 8.50. The molecule has 196 valence electrons. The van der Waals surface area contributed by atoms with Crippen LogP contribution in [0.2, 0.25) is 10.0 Å². The predicted octanol–water partition coefficient (Wildman–Crippen LogP) is 4.37. The predicted molar refractivity (Wildman–Crippen MR) is 143 cm³/mol. The van der Waals surface area contributed by atoms with E-state index in [-0.39, 0.29) is 46.4 Å². The number of carbonyl (C=O) groups excluding carboxylic acids is 1. The lowest BCUT2D eigenvalue weighted by molar-refractivity contribution is -0.120. The van der Waals surface area contributed by atoms with Crippen molar-refractivity contribution in [3.63, 3.8) is 0 Å². The van der Waals surface area contributed by atoms with Crippen molar-refractivity contribution >= 4 is 60.7 Å². The van der Waals surface area contributed by atoms with Crippen molar-refractivity contribution in [2.75, 3.05) is 23.1 Å². The van der Waals surface area contributed by atoms with Crippen LogP contribution in [0.25, 0.3) is 0 Å². The van der Waals surface area contributed by atoms with Crippen molar-refractivity contribution in [2.45, 2.75) is 23.5 Å². The lowest BCUT2D eigenvalue weighted by Gasteiger charge is -2.30. The van der Waals surface area contributed by atoms with Gasteiger partial charge in [0.05, 0.1) is 10.6 Å². The Labute approximate surface area is 225 Å². The molecule has 2 heterocycles. The highest BCUT2D eigenvalue weighted by atomic mass is 35.5. The summed E-state index contributed by atoms with van der Waals surface area (Å²) in [5.74, 6) is -0.672. The first-order valence-corrected chi connectivity index (χ1v) is 15.1. The number of piperidine rings is 1. The van der Waals surface area contributed by atoms with Gasteiger partial charge in [-0.25, -0.2) is 26.1 Å². The summed E-state index contributed by atoms with van der Waals surface area (Å²) in [5.41, 5.74) is 0.904. The van der Waals surface area contributed by atoms with Gasteiger partial charge in [-0.3, -0.25) is 9.52 Å². The summed E-state index contributed by atoms with van der Waals surface area (Å²) in [6.07, 6.45) is 2.20. The molecule has 1 aromatic heterocycles. The summed E-state index contributed by atoms with van der Waals surface area (Å²) in [6, 6.07) is 15.3. The standard InChI is InChI=1S/C24H24Cl2N4O5S2/c25-19-5-4-18(22(26)15-19)16-36(32,33)30-13-10-17(11-14-30)24(31)28-20-6-8-21(9-7-20)37(34,35)29-23-3-1-2-12-27-23/h1-9,12,15,17H,10-11,13-14,16H2,(H,27,29)(H,28,31). The second-order valence-corrected chi connectivity index (χ2v) is 13.0. The van der Waals surface area contributed by atoms with Gasteiger partial charge in [-0.1, -0.05) is 35.3 Å². The fourth-order valence-electron chi connectivity index (χ4n) is 3.90. The zero-order chi connectivity index (χ0) is 26.6. The molecule has 0 unspecified atom stereocenters. The van der Waals surface area contributed by atoms with Crippen LogP contribution in [0.4, 0.5) is 11.5 Å². The van der Waals surface area contributed by atoms with Crippen molar-refractivity contribution in [3.05, 3.63) is 82.5 Å². The van der Waals surface area contributed by atoms with Gasteiger partial charge in [-0.15, -0.1) is 0 Å². The lowest BCUT2D eigenvalue weighted by atomic mass is 9.97. The number of hydrogen-bond donors (Lipinski definition) is 2. The van der Waals surface area contributed by atoms with Crippen LogP contribution in [0.1, 0.15) is 18.4 Å². The number of carbonyl (C=O) groups is 1. The molecule has 13 heteroatoms. The molecule has 2 N–H and O–H groups in total. The van der Waals surface area contributed by atoms with Crippen LogP contribution in [-0.2, 0) is 30.6 Å². The van der Waals surface area contributed by atoms with Crippen LogP contribution in [-0.4, -0.2) is 45.1 Å². The number of nitrogens with one attached hydrogen (secondary N) is 2. The molecular formula is C24H24Cl2N4O5S2. The molecule has 0 bridgehead atoms. The van der Waals surface area contributed by atoms with E-state index in [4.69, 9.17) is 23.2 Å². The van der Waals surface area contributed by atoms with E-state index in [1.807, 2.05) is 0 Å². The topological polar surface area (TPSA) is 126 Å². The van der Waals surface area contributed by atoms with Gasteiger partial charge in [0.2, 0.25) is 15.9 Å². The minimum Gasteiger partial charge on any atom is -0.326 e. The molecule has 9 nitrogen and oxygen atoms in total. The summed E-state index contributed by atoms with van der Waals surface area (Å²) in [5, 5.41) is 3.50. The van der Waals surface area contributed by atoms with E-state index in [9.17, 15) is 21.6 Å².